The summed E-state index contributed by atoms with van der Waals surface area (Å²) in [7, 11) is 0. The molecule has 0 saturated heterocycles. The van der Waals surface area contributed by atoms with Crippen molar-refractivity contribution in [3.63, 3.8) is 0 Å². The first-order chi connectivity index (χ1) is 8.22. The van der Waals surface area contributed by atoms with Crippen LogP contribution >= 0.6 is 11.8 Å². The lowest BCUT2D eigenvalue weighted by Gasteiger charge is -2.01. The molecule has 0 fully saturated rings. The molecule has 6 nitrogen and oxygen atoms in total. The number of aromatic amines is 1. The van der Waals surface area contributed by atoms with E-state index in [1.165, 1.54) is 0 Å². The standard InChI is InChI=1S/C10H18N4O2S/c1-2-16-8(15)6-4-3-5-7-17-10-12-9(11)13-14-10/h2-7H2,1H3,(H3,11,12,13,14). The predicted octanol–water partition coefficient (Wildman–Crippen LogP) is 1.60. The topological polar surface area (TPSA) is 93.9 Å². The molecule has 17 heavy (non-hydrogen) atoms. The number of ether oxygens (including phenoxy) is 1. The third-order valence-corrected chi connectivity index (χ3v) is 2.98. The number of esters is 1. The predicted molar refractivity (Wildman–Crippen MR) is 66.6 cm³/mol. The molecule has 96 valence electrons. The molecule has 0 unspecified atom stereocenters. The largest absolute Gasteiger partial charge is 0.466 e. The van der Waals surface area contributed by atoms with Gasteiger partial charge in [-0.05, 0) is 19.8 Å². The van der Waals surface area contributed by atoms with Crippen molar-refractivity contribution >= 4 is 23.7 Å². The van der Waals surface area contributed by atoms with E-state index in [2.05, 4.69) is 15.2 Å². The molecule has 1 aromatic heterocycles. The van der Waals surface area contributed by atoms with Gasteiger partial charge in [0.15, 0.2) is 0 Å². The number of H-pyrrole nitrogens is 1. The maximum atomic E-state index is 11.0. The van der Waals surface area contributed by atoms with Gasteiger partial charge in [-0.15, -0.1) is 5.10 Å². The van der Waals surface area contributed by atoms with E-state index in [9.17, 15) is 4.79 Å². The molecule has 0 bridgehead atoms. The van der Waals surface area contributed by atoms with Gasteiger partial charge in [-0.25, -0.2) is 5.10 Å². The van der Waals surface area contributed by atoms with Crippen LogP contribution in [0.1, 0.15) is 32.6 Å². The fourth-order valence-electron chi connectivity index (χ4n) is 1.27. The summed E-state index contributed by atoms with van der Waals surface area (Å²) < 4.78 is 4.84. The van der Waals surface area contributed by atoms with Gasteiger partial charge in [-0.2, -0.15) is 4.98 Å². The molecule has 3 N–H and O–H groups in total. The van der Waals surface area contributed by atoms with E-state index in [0.29, 0.717) is 24.1 Å². The van der Waals surface area contributed by atoms with E-state index >= 15 is 0 Å². The molecule has 0 amide bonds. The van der Waals surface area contributed by atoms with Crippen molar-refractivity contribution in [3.8, 4) is 0 Å². The van der Waals surface area contributed by atoms with Crippen LogP contribution in [0.25, 0.3) is 0 Å². The van der Waals surface area contributed by atoms with Crippen LogP contribution in [-0.2, 0) is 9.53 Å². The summed E-state index contributed by atoms with van der Waals surface area (Å²) in [6.07, 6.45) is 3.41. The molecule has 0 saturated carbocycles. The number of nitrogen functional groups attached to an aromatic ring is 1. The SMILES string of the molecule is CCOC(=O)CCCCCSc1n[nH]c(N)n1. The first kappa shape index (κ1) is 13.8. The lowest BCUT2D eigenvalue weighted by Crippen LogP contribution is -2.03. The van der Waals surface area contributed by atoms with Gasteiger partial charge in [0, 0.05) is 12.2 Å². The third-order valence-electron chi connectivity index (χ3n) is 2.04. The maximum Gasteiger partial charge on any atom is 0.305 e. The number of unbranched alkanes of at least 4 members (excludes halogenated alkanes) is 2. The highest BCUT2D eigenvalue weighted by molar-refractivity contribution is 7.99. The highest BCUT2D eigenvalue weighted by atomic mass is 32.2. The van der Waals surface area contributed by atoms with E-state index in [1.54, 1.807) is 11.8 Å². The van der Waals surface area contributed by atoms with Crippen LogP contribution in [0.4, 0.5) is 5.95 Å². The number of nitrogens with one attached hydrogen (secondary N) is 1. The number of nitrogens with two attached hydrogens (primary N) is 1. The Hall–Kier alpha value is -1.24. The Bertz CT molecular complexity index is 343. The van der Waals surface area contributed by atoms with Crippen molar-refractivity contribution < 1.29 is 9.53 Å². The Labute approximate surface area is 105 Å². The maximum absolute atomic E-state index is 11.0. The molecule has 7 heteroatoms. The Morgan fingerprint density at radius 1 is 1.47 bits per heavy atom. The minimum atomic E-state index is -0.109. The number of anilines is 1. The zero-order valence-corrected chi connectivity index (χ0v) is 10.8. The molecule has 0 aliphatic carbocycles. The van der Waals surface area contributed by atoms with Crippen LogP contribution in [0, 0.1) is 0 Å². The van der Waals surface area contributed by atoms with Gasteiger partial charge < -0.3 is 10.5 Å². The lowest BCUT2D eigenvalue weighted by atomic mass is 10.2. The number of thioether (sulfide) groups is 1. The van der Waals surface area contributed by atoms with Crippen molar-refractivity contribution in [3.05, 3.63) is 0 Å². The second kappa shape index (κ2) is 7.94. The number of rotatable bonds is 8. The van der Waals surface area contributed by atoms with Gasteiger partial charge in [0.05, 0.1) is 6.61 Å². The summed E-state index contributed by atoms with van der Waals surface area (Å²) in [4.78, 5) is 15.0. The molecule has 0 aliphatic rings. The minimum absolute atomic E-state index is 0.109. The van der Waals surface area contributed by atoms with Gasteiger partial charge in [-0.1, -0.05) is 18.2 Å². The molecule has 1 aromatic rings. The van der Waals surface area contributed by atoms with Gasteiger partial charge in [0.2, 0.25) is 11.1 Å². The van der Waals surface area contributed by atoms with Crippen LogP contribution in [0.2, 0.25) is 0 Å². The molecule has 1 heterocycles. The molecule has 0 radical (unpaired) electrons. The monoisotopic (exact) mass is 258 g/mol. The molecule has 0 spiro atoms. The van der Waals surface area contributed by atoms with Gasteiger partial charge in [-0.3, -0.25) is 4.79 Å². The minimum Gasteiger partial charge on any atom is -0.466 e. The van der Waals surface area contributed by atoms with E-state index in [0.717, 1.165) is 25.0 Å². The molecule has 1 rings (SSSR count). The Balaban J connectivity index is 1.96. The Morgan fingerprint density at radius 3 is 2.94 bits per heavy atom. The van der Waals surface area contributed by atoms with Crippen molar-refractivity contribution in [2.24, 2.45) is 0 Å². The van der Waals surface area contributed by atoms with Gasteiger partial charge in [0.25, 0.3) is 0 Å². The van der Waals surface area contributed by atoms with Crippen LogP contribution in [0.5, 0.6) is 0 Å². The fraction of sp³-hybridized carbons (Fsp3) is 0.700. The van der Waals surface area contributed by atoms with Gasteiger partial charge in [0.1, 0.15) is 0 Å². The van der Waals surface area contributed by atoms with E-state index in [4.69, 9.17) is 10.5 Å². The zero-order chi connectivity index (χ0) is 12.5. The Morgan fingerprint density at radius 2 is 2.29 bits per heavy atom. The Kier molecular flexibility index (Phi) is 6.46. The lowest BCUT2D eigenvalue weighted by molar-refractivity contribution is -0.143. The van der Waals surface area contributed by atoms with E-state index in [1.807, 2.05) is 6.92 Å². The highest BCUT2D eigenvalue weighted by Crippen LogP contribution is 2.15. The van der Waals surface area contributed by atoms with Crippen LogP contribution in [0.15, 0.2) is 5.16 Å². The summed E-state index contributed by atoms with van der Waals surface area (Å²) >= 11 is 1.56. The van der Waals surface area contributed by atoms with E-state index in [-0.39, 0.29) is 5.97 Å². The number of carbonyl (C=O) groups excluding carboxylic acids is 1. The average Bonchev–Trinajstić information content (AvgIpc) is 2.70. The number of carbonyl (C=O) groups is 1. The van der Waals surface area contributed by atoms with Crippen molar-refractivity contribution in [1.82, 2.24) is 15.2 Å². The molecular formula is C10H18N4O2S. The summed E-state index contributed by atoms with van der Waals surface area (Å²) in [5, 5.41) is 7.17. The van der Waals surface area contributed by atoms with Crippen molar-refractivity contribution in [2.75, 3.05) is 18.1 Å². The second-order valence-corrected chi connectivity index (χ2v) is 4.53. The summed E-state index contributed by atoms with van der Waals surface area (Å²) in [6.45, 7) is 2.28. The van der Waals surface area contributed by atoms with Crippen LogP contribution < -0.4 is 5.73 Å². The second-order valence-electron chi connectivity index (χ2n) is 3.47. The number of nitrogens with zero attached hydrogens (tertiary/aromatic N) is 2. The smallest absolute Gasteiger partial charge is 0.305 e. The van der Waals surface area contributed by atoms with E-state index < -0.39 is 0 Å². The average molecular weight is 258 g/mol. The molecule has 0 aliphatic heterocycles. The number of aromatic nitrogens is 3. The summed E-state index contributed by atoms with van der Waals surface area (Å²) in [5.41, 5.74) is 5.40. The van der Waals surface area contributed by atoms with Crippen LogP contribution in [-0.4, -0.2) is 33.5 Å². The van der Waals surface area contributed by atoms with Gasteiger partial charge >= 0.3 is 5.97 Å². The first-order valence-corrected chi connectivity index (χ1v) is 6.67. The molecule has 0 atom stereocenters. The summed E-state index contributed by atoms with van der Waals surface area (Å²) in [6, 6.07) is 0. The molecule has 0 aromatic carbocycles. The third kappa shape index (κ3) is 6.15. The quantitative estimate of drug-likeness (QED) is 0.418. The van der Waals surface area contributed by atoms with Crippen molar-refractivity contribution in [2.45, 2.75) is 37.8 Å². The first-order valence-electron chi connectivity index (χ1n) is 5.68. The summed E-state index contributed by atoms with van der Waals surface area (Å²) in [5.74, 6) is 1.16. The highest BCUT2D eigenvalue weighted by Gasteiger charge is 2.02. The number of hydrogen-bond acceptors (Lipinski definition) is 6. The fourth-order valence-corrected chi connectivity index (χ4v) is 2.07. The number of hydrogen-bond donors (Lipinski definition) is 2. The van der Waals surface area contributed by atoms with Crippen LogP contribution in [0.3, 0.4) is 0 Å². The normalized spacial score (nSPS) is 10.4. The molecular weight excluding hydrogens is 240 g/mol. The zero-order valence-electron chi connectivity index (χ0n) is 9.94. The van der Waals surface area contributed by atoms with Crippen molar-refractivity contribution in [1.29, 1.82) is 0 Å².